The highest BCUT2D eigenvalue weighted by atomic mass is 16.5. The highest BCUT2D eigenvalue weighted by Gasteiger charge is 2.11. The van der Waals surface area contributed by atoms with E-state index in [1.165, 1.54) is 5.56 Å². The number of aromatic amines is 1. The van der Waals surface area contributed by atoms with Crippen molar-refractivity contribution in [3.05, 3.63) is 71.3 Å². The molecule has 6 heteroatoms. The largest absolute Gasteiger partial charge is 0.493 e. The number of ether oxygens (including phenoxy) is 2. The highest BCUT2D eigenvalue weighted by Crippen LogP contribution is 2.31. The van der Waals surface area contributed by atoms with Crippen molar-refractivity contribution in [3.8, 4) is 11.5 Å². The zero-order valence-electron chi connectivity index (χ0n) is 15.3. The van der Waals surface area contributed by atoms with Crippen LogP contribution in [0.4, 0.5) is 0 Å². The molecule has 3 aromatic rings. The molecule has 0 saturated heterocycles. The maximum absolute atomic E-state index is 5.90. The number of aryl methyl sites for hydroxylation is 1. The summed E-state index contributed by atoms with van der Waals surface area (Å²) in [5.41, 5.74) is 4.46. The lowest BCUT2D eigenvalue weighted by molar-refractivity contribution is 0.284. The summed E-state index contributed by atoms with van der Waals surface area (Å²) >= 11 is 0. The van der Waals surface area contributed by atoms with E-state index in [4.69, 9.17) is 9.47 Å². The molecule has 0 bridgehead atoms. The van der Waals surface area contributed by atoms with Crippen LogP contribution in [0, 0.1) is 6.92 Å². The molecule has 136 valence electrons. The van der Waals surface area contributed by atoms with Gasteiger partial charge < -0.3 is 14.8 Å². The van der Waals surface area contributed by atoms with Crippen molar-refractivity contribution < 1.29 is 9.47 Å². The van der Waals surface area contributed by atoms with Crippen molar-refractivity contribution in [2.24, 2.45) is 0 Å². The van der Waals surface area contributed by atoms with Crippen molar-refractivity contribution >= 4 is 0 Å². The lowest BCUT2D eigenvalue weighted by atomic mass is 10.1. The Bertz CT molecular complexity index is 833. The summed E-state index contributed by atoms with van der Waals surface area (Å²) in [6.07, 6.45) is 5.37. The third-order valence-electron chi connectivity index (χ3n) is 4.36. The molecule has 0 radical (unpaired) electrons. The van der Waals surface area contributed by atoms with E-state index < -0.39 is 0 Å². The lowest BCUT2D eigenvalue weighted by Gasteiger charge is -2.17. The summed E-state index contributed by atoms with van der Waals surface area (Å²) in [4.78, 5) is 4.01. The second-order valence-corrected chi connectivity index (χ2v) is 6.18. The Labute approximate surface area is 153 Å². The predicted molar refractivity (Wildman–Crippen MR) is 100 cm³/mol. The average molecular weight is 352 g/mol. The maximum atomic E-state index is 5.90. The minimum atomic E-state index is 0.174. The molecular formula is C20H24N4O2. The van der Waals surface area contributed by atoms with Crippen LogP contribution >= 0.6 is 0 Å². The Morgan fingerprint density at radius 1 is 1.15 bits per heavy atom. The summed E-state index contributed by atoms with van der Waals surface area (Å²) in [6, 6.07) is 10.1. The first-order valence-corrected chi connectivity index (χ1v) is 8.59. The Balaban J connectivity index is 1.64. The summed E-state index contributed by atoms with van der Waals surface area (Å²) < 4.78 is 11.4. The predicted octanol–water partition coefficient (Wildman–Crippen LogP) is 3.55. The fraction of sp³-hybridized carbons (Fsp3) is 0.300. The summed E-state index contributed by atoms with van der Waals surface area (Å²) in [5.74, 6) is 1.45. The van der Waals surface area contributed by atoms with Gasteiger partial charge in [-0.1, -0.05) is 6.07 Å². The van der Waals surface area contributed by atoms with Gasteiger partial charge in [-0.05, 0) is 49.2 Å². The molecule has 1 unspecified atom stereocenters. The number of benzene rings is 1. The van der Waals surface area contributed by atoms with Gasteiger partial charge in [-0.2, -0.15) is 5.10 Å². The molecule has 0 spiro atoms. The number of hydrogen-bond acceptors (Lipinski definition) is 5. The molecule has 0 aliphatic heterocycles. The number of pyridine rings is 1. The van der Waals surface area contributed by atoms with E-state index in [-0.39, 0.29) is 6.04 Å². The van der Waals surface area contributed by atoms with E-state index in [2.05, 4.69) is 33.5 Å². The zero-order valence-corrected chi connectivity index (χ0v) is 15.3. The number of methoxy groups -OCH3 is 1. The maximum Gasteiger partial charge on any atom is 0.161 e. The Kier molecular flexibility index (Phi) is 5.86. The van der Waals surface area contributed by atoms with Gasteiger partial charge in [0.05, 0.1) is 13.3 Å². The number of rotatable bonds is 8. The number of aromatic nitrogens is 3. The zero-order chi connectivity index (χ0) is 18.4. The fourth-order valence-corrected chi connectivity index (χ4v) is 2.65. The Hall–Kier alpha value is -2.86. The molecule has 26 heavy (non-hydrogen) atoms. The number of hydrogen-bond donors (Lipinski definition) is 2. The SMILES string of the molecule is COc1cc(C(C)NCc2cn[nH]c2C)ccc1OCc1ccncc1. The molecule has 3 rings (SSSR count). The van der Waals surface area contributed by atoms with Crippen LogP contribution in [0.15, 0.2) is 48.9 Å². The molecule has 0 fully saturated rings. The molecule has 0 amide bonds. The Morgan fingerprint density at radius 2 is 1.96 bits per heavy atom. The number of nitrogens with one attached hydrogen (secondary N) is 2. The van der Waals surface area contributed by atoms with E-state index in [0.717, 1.165) is 34.9 Å². The van der Waals surface area contributed by atoms with E-state index >= 15 is 0 Å². The number of H-pyrrole nitrogens is 1. The molecule has 0 saturated carbocycles. The van der Waals surface area contributed by atoms with Crippen LogP contribution in [-0.2, 0) is 13.2 Å². The molecule has 2 heterocycles. The van der Waals surface area contributed by atoms with Crippen molar-refractivity contribution in [3.63, 3.8) is 0 Å². The lowest BCUT2D eigenvalue weighted by Crippen LogP contribution is -2.18. The third-order valence-corrected chi connectivity index (χ3v) is 4.36. The normalized spacial score (nSPS) is 12.0. The summed E-state index contributed by atoms with van der Waals surface area (Å²) in [6.45, 7) is 5.38. The van der Waals surface area contributed by atoms with Crippen LogP contribution in [0.1, 0.15) is 35.3 Å². The van der Waals surface area contributed by atoms with Crippen LogP contribution in [0.3, 0.4) is 0 Å². The third kappa shape index (κ3) is 4.40. The number of nitrogens with zero attached hydrogens (tertiary/aromatic N) is 2. The molecule has 0 aliphatic rings. The van der Waals surface area contributed by atoms with E-state index in [1.807, 2.05) is 37.4 Å². The van der Waals surface area contributed by atoms with E-state index in [9.17, 15) is 0 Å². The van der Waals surface area contributed by atoms with Crippen molar-refractivity contribution in [1.29, 1.82) is 0 Å². The second-order valence-electron chi connectivity index (χ2n) is 6.18. The van der Waals surface area contributed by atoms with Crippen LogP contribution in [0.25, 0.3) is 0 Å². The molecule has 1 aromatic carbocycles. The van der Waals surface area contributed by atoms with Crippen molar-refractivity contribution in [1.82, 2.24) is 20.5 Å². The van der Waals surface area contributed by atoms with Gasteiger partial charge in [0.15, 0.2) is 11.5 Å². The molecule has 2 N–H and O–H groups in total. The fourth-order valence-electron chi connectivity index (χ4n) is 2.65. The van der Waals surface area contributed by atoms with Crippen LogP contribution in [0.2, 0.25) is 0 Å². The van der Waals surface area contributed by atoms with Crippen LogP contribution in [-0.4, -0.2) is 22.3 Å². The highest BCUT2D eigenvalue weighted by molar-refractivity contribution is 5.44. The first kappa shape index (κ1) is 17.9. The molecule has 1 atom stereocenters. The van der Waals surface area contributed by atoms with Gasteiger partial charge in [0.2, 0.25) is 0 Å². The molecule has 2 aromatic heterocycles. The van der Waals surface area contributed by atoms with Gasteiger partial charge in [0, 0.05) is 36.2 Å². The van der Waals surface area contributed by atoms with Crippen LogP contribution in [0.5, 0.6) is 11.5 Å². The minimum absolute atomic E-state index is 0.174. The summed E-state index contributed by atoms with van der Waals surface area (Å²) in [7, 11) is 1.66. The monoisotopic (exact) mass is 352 g/mol. The van der Waals surface area contributed by atoms with E-state index in [1.54, 1.807) is 19.5 Å². The van der Waals surface area contributed by atoms with Gasteiger partial charge in [-0.25, -0.2) is 0 Å². The first-order chi connectivity index (χ1) is 12.7. The standard InChI is InChI=1S/C20H24N4O2/c1-14(22-11-18-12-23-24-15(18)2)17-4-5-19(20(10-17)25-3)26-13-16-6-8-21-9-7-16/h4-10,12,14,22H,11,13H2,1-3H3,(H,23,24). The topological polar surface area (TPSA) is 72.1 Å². The molecule has 0 aliphatic carbocycles. The molecular weight excluding hydrogens is 328 g/mol. The van der Waals surface area contributed by atoms with Gasteiger partial charge in [-0.3, -0.25) is 10.1 Å². The average Bonchev–Trinajstić information content (AvgIpc) is 3.10. The van der Waals surface area contributed by atoms with Crippen molar-refractivity contribution in [2.45, 2.75) is 33.0 Å². The quantitative estimate of drug-likeness (QED) is 0.649. The van der Waals surface area contributed by atoms with Gasteiger partial charge in [-0.15, -0.1) is 0 Å². The van der Waals surface area contributed by atoms with E-state index in [0.29, 0.717) is 6.61 Å². The van der Waals surface area contributed by atoms with Crippen molar-refractivity contribution in [2.75, 3.05) is 7.11 Å². The van der Waals surface area contributed by atoms with Gasteiger partial charge in [0.25, 0.3) is 0 Å². The molecule has 6 nitrogen and oxygen atoms in total. The Morgan fingerprint density at radius 3 is 2.65 bits per heavy atom. The summed E-state index contributed by atoms with van der Waals surface area (Å²) in [5, 5.41) is 10.5. The van der Waals surface area contributed by atoms with Gasteiger partial charge >= 0.3 is 0 Å². The van der Waals surface area contributed by atoms with Crippen LogP contribution < -0.4 is 14.8 Å². The second kappa shape index (κ2) is 8.49. The minimum Gasteiger partial charge on any atom is -0.493 e. The van der Waals surface area contributed by atoms with Gasteiger partial charge in [0.1, 0.15) is 6.61 Å². The smallest absolute Gasteiger partial charge is 0.161 e. The first-order valence-electron chi connectivity index (χ1n) is 8.59.